The van der Waals surface area contributed by atoms with Crippen molar-refractivity contribution in [2.45, 2.75) is 70.4 Å². The fourth-order valence-electron chi connectivity index (χ4n) is 3.49. The Kier molecular flexibility index (Phi) is 5.28. The third-order valence-electron chi connectivity index (χ3n) is 4.63. The lowest BCUT2D eigenvalue weighted by Gasteiger charge is -2.32. The highest BCUT2D eigenvalue weighted by molar-refractivity contribution is 5.97. The van der Waals surface area contributed by atoms with Crippen molar-refractivity contribution in [3.05, 3.63) is 11.6 Å². The maximum atomic E-state index is 13.1. The SMILES string of the molecule is O=C(C1=CCCCCCC1)C1CCCCC1C(F)(F)F. The molecule has 0 aromatic heterocycles. The highest BCUT2D eigenvalue weighted by Gasteiger charge is 2.48. The zero-order valence-electron chi connectivity index (χ0n) is 11.8. The van der Waals surface area contributed by atoms with E-state index in [1.807, 2.05) is 6.08 Å². The van der Waals surface area contributed by atoms with Crippen molar-refractivity contribution in [2.24, 2.45) is 11.8 Å². The molecule has 0 amide bonds. The summed E-state index contributed by atoms with van der Waals surface area (Å²) >= 11 is 0. The number of rotatable bonds is 2. The first-order chi connectivity index (χ1) is 9.50. The Balaban J connectivity index is 2.12. The summed E-state index contributed by atoms with van der Waals surface area (Å²) in [5, 5.41) is 0. The Bertz CT molecular complexity index is 370. The van der Waals surface area contributed by atoms with Gasteiger partial charge in [-0.15, -0.1) is 0 Å². The molecule has 0 aromatic rings. The second kappa shape index (κ2) is 6.77. The third kappa shape index (κ3) is 3.86. The predicted molar refractivity (Wildman–Crippen MR) is 72.3 cm³/mol. The molecule has 20 heavy (non-hydrogen) atoms. The van der Waals surface area contributed by atoms with Gasteiger partial charge in [0, 0.05) is 5.92 Å². The van der Waals surface area contributed by atoms with Crippen LogP contribution in [-0.2, 0) is 4.79 Å². The molecule has 4 heteroatoms. The van der Waals surface area contributed by atoms with Crippen LogP contribution < -0.4 is 0 Å². The Hall–Kier alpha value is -0.800. The van der Waals surface area contributed by atoms with Crippen molar-refractivity contribution in [1.82, 2.24) is 0 Å². The van der Waals surface area contributed by atoms with E-state index in [4.69, 9.17) is 0 Å². The van der Waals surface area contributed by atoms with Gasteiger partial charge in [0.25, 0.3) is 0 Å². The molecule has 1 saturated carbocycles. The first-order valence-electron chi connectivity index (χ1n) is 7.80. The first-order valence-corrected chi connectivity index (χ1v) is 7.80. The fourth-order valence-corrected chi connectivity index (χ4v) is 3.49. The number of halogens is 3. The van der Waals surface area contributed by atoms with Gasteiger partial charge in [0.05, 0.1) is 5.92 Å². The highest BCUT2D eigenvalue weighted by Crippen LogP contribution is 2.43. The lowest BCUT2D eigenvalue weighted by molar-refractivity contribution is -0.196. The summed E-state index contributed by atoms with van der Waals surface area (Å²) in [6, 6.07) is 0. The van der Waals surface area contributed by atoms with E-state index in [1.165, 1.54) is 0 Å². The van der Waals surface area contributed by atoms with Gasteiger partial charge in [0.1, 0.15) is 0 Å². The Labute approximate surface area is 118 Å². The monoisotopic (exact) mass is 288 g/mol. The minimum absolute atomic E-state index is 0.118. The number of allylic oxidation sites excluding steroid dienone is 2. The number of ketones is 1. The average Bonchev–Trinajstić information content (AvgIpc) is 2.37. The summed E-state index contributed by atoms with van der Waals surface area (Å²) in [7, 11) is 0. The van der Waals surface area contributed by atoms with E-state index in [9.17, 15) is 18.0 Å². The van der Waals surface area contributed by atoms with Crippen molar-refractivity contribution >= 4 is 5.78 Å². The van der Waals surface area contributed by atoms with Gasteiger partial charge in [-0.2, -0.15) is 13.2 Å². The largest absolute Gasteiger partial charge is 0.392 e. The first kappa shape index (κ1) is 15.6. The lowest BCUT2D eigenvalue weighted by atomic mass is 9.74. The molecule has 0 spiro atoms. The maximum Gasteiger partial charge on any atom is 0.392 e. The van der Waals surface area contributed by atoms with E-state index in [0.717, 1.165) is 38.5 Å². The Morgan fingerprint density at radius 2 is 1.70 bits per heavy atom. The van der Waals surface area contributed by atoms with Gasteiger partial charge >= 0.3 is 6.18 Å². The van der Waals surface area contributed by atoms with Crippen LogP contribution in [0.5, 0.6) is 0 Å². The quantitative estimate of drug-likeness (QED) is 0.682. The van der Waals surface area contributed by atoms with Crippen LogP contribution in [0, 0.1) is 11.8 Å². The molecule has 1 nitrogen and oxygen atoms in total. The molecule has 2 unspecified atom stereocenters. The van der Waals surface area contributed by atoms with Crippen molar-refractivity contribution < 1.29 is 18.0 Å². The molecule has 0 radical (unpaired) electrons. The zero-order chi connectivity index (χ0) is 14.6. The van der Waals surface area contributed by atoms with Crippen molar-refractivity contribution in [2.75, 3.05) is 0 Å². The van der Waals surface area contributed by atoms with Crippen LogP contribution in [0.15, 0.2) is 11.6 Å². The van der Waals surface area contributed by atoms with Gasteiger partial charge in [0.15, 0.2) is 5.78 Å². The fraction of sp³-hybridized carbons (Fsp3) is 0.812. The van der Waals surface area contributed by atoms with Crippen LogP contribution in [0.25, 0.3) is 0 Å². The third-order valence-corrected chi connectivity index (χ3v) is 4.63. The summed E-state index contributed by atoms with van der Waals surface area (Å²) in [6.07, 6.45) is 5.25. The molecule has 0 bridgehead atoms. The molecule has 0 aliphatic heterocycles. The van der Waals surface area contributed by atoms with Gasteiger partial charge in [-0.05, 0) is 44.1 Å². The van der Waals surface area contributed by atoms with Crippen LogP contribution in [0.4, 0.5) is 13.2 Å². The number of hydrogen-bond donors (Lipinski definition) is 0. The van der Waals surface area contributed by atoms with Crippen molar-refractivity contribution in [3.63, 3.8) is 0 Å². The molecule has 114 valence electrons. The van der Waals surface area contributed by atoms with Gasteiger partial charge in [-0.1, -0.05) is 31.8 Å². The van der Waals surface area contributed by atoms with Gasteiger partial charge in [0.2, 0.25) is 0 Å². The second-order valence-corrected chi connectivity index (χ2v) is 6.09. The van der Waals surface area contributed by atoms with Crippen LogP contribution >= 0.6 is 0 Å². The van der Waals surface area contributed by atoms with Crippen LogP contribution in [0.2, 0.25) is 0 Å². The average molecular weight is 288 g/mol. The standard InChI is InChI=1S/C16H23F3O/c17-16(18,19)14-11-7-6-10-13(14)15(20)12-8-4-2-1-3-5-9-12/h8,13-14H,1-7,9-11H2. The van der Waals surface area contributed by atoms with Crippen LogP contribution in [-0.4, -0.2) is 12.0 Å². The lowest BCUT2D eigenvalue weighted by Crippen LogP contribution is -2.37. The number of Topliss-reactive ketones (excluding diaryl/α,β-unsaturated/α-hetero) is 1. The van der Waals surface area contributed by atoms with E-state index in [-0.39, 0.29) is 12.2 Å². The summed E-state index contributed by atoms with van der Waals surface area (Å²) in [5.74, 6) is -2.46. The predicted octanol–water partition coefficient (Wildman–Crippen LogP) is 5.20. The molecule has 2 atom stereocenters. The van der Waals surface area contributed by atoms with E-state index < -0.39 is 18.0 Å². The molecule has 0 N–H and O–H groups in total. The molecule has 0 saturated heterocycles. The summed E-state index contributed by atoms with van der Waals surface area (Å²) in [4.78, 5) is 12.5. The normalized spacial score (nSPS) is 29.2. The summed E-state index contributed by atoms with van der Waals surface area (Å²) < 4.78 is 39.3. The molecule has 0 heterocycles. The molecule has 2 rings (SSSR count). The molecule has 0 aromatic carbocycles. The molecule has 2 aliphatic rings. The number of carbonyl (C=O) groups excluding carboxylic acids is 1. The summed E-state index contributed by atoms with van der Waals surface area (Å²) in [6.45, 7) is 0. The van der Waals surface area contributed by atoms with Crippen LogP contribution in [0.3, 0.4) is 0 Å². The number of carbonyl (C=O) groups is 1. The van der Waals surface area contributed by atoms with E-state index in [0.29, 0.717) is 24.8 Å². The highest BCUT2D eigenvalue weighted by atomic mass is 19.4. The molecular formula is C16H23F3O. The van der Waals surface area contributed by atoms with Gasteiger partial charge in [-0.25, -0.2) is 0 Å². The second-order valence-electron chi connectivity index (χ2n) is 6.09. The Morgan fingerprint density at radius 1 is 1.00 bits per heavy atom. The smallest absolute Gasteiger partial charge is 0.294 e. The van der Waals surface area contributed by atoms with Gasteiger partial charge in [-0.3, -0.25) is 4.79 Å². The molecule has 1 fully saturated rings. The Morgan fingerprint density at radius 3 is 2.45 bits per heavy atom. The molecule has 2 aliphatic carbocycles. The van der Waals surface area contributed by atoms with E-state index >= 15 is 0 Å². The van der Waals surface area contributed by atoms with Crippen molar-refractivity contribution in [3.8, 4) is 0 Å². The molecular weight excluding hydrogens is 265 g/mol. The number of alkyl halides is 3. The minimum Gasteiger partial charge on any atom is -0.294 e. The topological polar surface area (TPSA) is 17.1 Å². The number of hydrogen-bond acceptors (Lipinski definition) is 1. The zero-order valence-corrected chi connectivity index (χ0v) is 11.8. The van der Waals surface area contributed by atoms with Crippen molar-refractivity contribution in [1.29, 1.82) is 0 Å². The maximum absolute atomic E-state index is 13.1. The van der Waals surface area contributed by atoms with E-state index in [1.54, 1.807) is 0 Å². The minimum atomic E-state index is -4.23. The van der Waals surface area contributed by atoms with E-state index in [2.05, 4.69) is 0 Å². The summed E-state index contributed by atoms with van der Waals surface area (Å²) in [5.41, 5.74) is 0.672. The van der Waals surface area contributed by atoms with Gasteiger partial charge < -0.3 is 0 Å². The van der Waals surface area contributed by atoms with Crippen LogP contribution in [0.1, 0.15) is 64.2 Å².